The first-order chi connectivity index (χ1) is 26.3. The van der Waals surface area contributed by atoms with Gasteiger partial charge in [-0.3, -0.25) is 0 Å². The maximum Gasteiger partial charge on any atom is 0.135 e. The molecule has 0 saturated carbocycles. The van der Waals surface area contributed by atoms with Gasteiger partial charge < -0.3 is 9.32 Å². The highest BCUT2D eigenvalue weighted by molar-refractivity contribution is 6.15. The number of rotatable bonds is 5. The summed E-state index contributed by atoms with van der Waals surface area (Å²) in [5.41, 5.74) is 12.2. The van der Waals surface area contributed by atoms with E-state index in [1.165, 1.54) is 54.9 Å². The fourth-order valence-electron chi connectivity index (χ4n) is 9.07. The first-order valence-electron chi connectivity index (χ1n) is 18.3. The monoisotopic (exact) mass is 675 g/mol. The number of benzene rings is 9. The van der Waals surface area contributed by atoms with Gasteiger partial charge in [-0.1, -0.05) is 158 Å². The van der Waals surface area contributed by atoms with Crippen LogP contribution in [0.15, 0.2) is 205 Å². The van der Waals surface area contributed by atoms with E-state index < -0.39 is 5.41 Å². The standard InChI is InChI=1S/C51H33NO/c1-3-16-35(17-4-1)51(36-18-5-2-6-19-36)46-25-13-11-22-41(46)42-29-27-38(33-47(42)51)52(37-28-30-50-45(32-37)44-24-12-14-26-49(44)53-50)48-31-34-15-7-8-20-39(34)40-21-9-10-23-43(40)48/h1-33H. The number of hydrogen-bond acceptors (Lipinski definition) is 2. The summed E-state index contributed by atoms with van der Waals surface area (Å²) < 4.78 is 6.33. The van der Waals surface area contributed by atoms with Crippen LogP contribution >= 0.6 is 0 Å². The molecule has 0 saturated heterocycles. The van der Waals surface area contributed by atoms with Gasteiger partial charge in [0.25, 0.3) is 0 Å². The van der Waals surface area contributed by atoms with Gasteiger partial charge in [0.05, 0.1) is 11.1 Å². The molecule has 1 heterocycles. The summed E-state index contributed by atoms with van der Waals surface area (Å²) in [6, 6.07) is 73.0. The minimum Gasteiger partial charge on any atom is -0.456 e. The quantitative estimate of drug-likeness (QED) is 0.169. The van der Waals surface area contributed by atoms with E-state index in [1.807, 2.05) is 6.07 Å². The molecule has 0 spiro atoms. The molecule has 10 aromatic rings. The first kappa shape index (κ1) is 29.8. The lowest BCUT2D eigenvalue weighted by molar-refractivity contribution is 0.669. The van der Waals surface area contributed by atoms with Gasteiger partial charge in [-0.05, 0) is 92.0 Å². The van der Waals surface area contributed by atoms with Crippen LogP contribution in [0.4, 0.5) is 17.1 Å². The van der Waals surface area contributed by atoms with E-state index in [9.17, 15) is 0 Å². The molecule has 0 amide bonds. The fourth-order valence-corrected chi connectivity index (χ4v) is 9.07. The van der Waals surface area contributed by atoms with Crippen molar-refractivity contribution >= 4 is 60.5 Å². The lowest BCUT2D eigenvalue weighted by atomic mass is 9.67. The van der Waals surface area contributed by atoms with Gasteiger partial charge >= 0.3 is 0 Å². The van der Waals surface area contributed by atoms with Crippen molar-refractivity contribution in [2.75, 3.05) is 4.90 Å². The van der Waals surface area contributed by atoms with Crippen molar-refractivity contribution in [3.63, 3.8) is 0 Å². The number of para-hydroxylation sites is 1. The molecule has 0 bridgehead atoms. The molecule has 53 heavy (non-hydrogen) atoms. The van der Waals surface area contributed by atoms with Crippen molar-refractivity contribution in [2.24, 2.45) is 0 Å². The van der Waals surface area contributed by atoms with Crippen LogP contribution in [0.25, 0.3) is 54.6 Å². The lowest BCUT2D eigenvalue weighted by Gasteiger charge is -2.35. The number of nitrogens with zero attached hydrogens (tertiary/aromatic N) is 1. The maximum atomic E-state index is 6.33. The van der Waals surface area contributed by atoms with Crippen LogP contribution in [0.2, 0.25) is 0 Å². The molecule has 1 aromatic heterocycles. The van der Waals surface area contributed by atoms with Crippen molar-refractivity contribution in [3.8, 4) is 11.1 Å². The van der Waals surface area contributed by atoms with Crippen LogP contribution in [-0.2, 0) is 5.41 Å². The summed E-state index contributed by atoms with van der Waals surface area (Å²) >= 11 is 0. The predicted octanol–water partition coefficient (Wildman–Crippen LogP) is 13.7. The van der Waals surface area contributed by atoms with Crippen LogP contribution in [0.3, 0.4) is 0 Å². The summed E-state index contributed by atoms with van der Waals surface area (Å²) in [7, 11) is 0. The van der Waals surface area contributed by atoms with E-state index in [1.54, 1.807) is 0 Å². The Morgan fingerprint density at radius 3 is 1.72 bits per heavy atom. The highest BCUT2D eigenvalue weighted by Gasteiger charge is 2.46. The molecular formula is C51H33NO. The highest BCUT2D eigenvalue weighted by atomic mass is 16.3. The lowest BCUT2D eigenvalue weighted by Crippen LogP contribution is -2.28. The van der Waals surface area contributed by atoms with Gasteiger partial charge in [0.2, 0.25) is 0 Å². The van der Waals surface area contributed by atoms with Gasteiger partial charge in [-0.2, -0.15) is 0 Å². The van der Waals surface area contributed by atoms with E-state index >= 15 is 0 Å². The Bertz CT molecular complexity index is 2970. The zero-order chi connectivity index (χ0) is 34.9. The molecule has 0 fully saturated rings. The van der Waals surface area contributed by atoms with E-state index in [-0.39, 0.29) is 0 Å². The number of furan rings is 1. The molecule has 1 aliphatic carbocycles. The number of anilines is 3. The minimum absolute atomic E-state index is 0.508. The zero-order valence-corrected chi connectivity index (χ0v) is 28.9. The van der Waals surface area contributed by atoms with Crippen LogP contribution < -0.4 is 4.90 Å². The van der Waals surface area contributed by atoms with Crippen LogP contribution in [-0.4, -0.2) is 0 Å². The SMILES string of the molecule is c1ccc(C2(c3ccccc3)c3ccccc3-c3ccc(N(c4ccc5oc6ccccc6c5c4)c4cc5ccccc5c5ccccc45)cc32)cc1. The molecule has 0 radical (unpaired) electrons. The average molecular weight is 676 g/mol. The Morgan fingerprint density at radius 2 is 0.925 bits per heavy atom. The highest BCUT2D eigenvalue weighted by Crippen LogP contribution is 2.57. The molecule has 9 aromatic carbocycles. The normalized spacial score (nSPS) is 13.1. The molecule has 0 N–H and O–H groups in total. The minimum atomic E-state index is -0.508. The van der Waals surface area contributed by atoms with E-state index in [0.29, 0.717) is 0 Å². The van der Waals surface area contributed by atoms with Gasteiger partial charge in [-0.25, -0.2) is 0 Å². The predicted molar refractivity (Wildman–Crippen MR) is 221 cm³/mol. The van der Waals surface area contributed by atoms with Crippen LogP contribution in [0, 0.1) is 0 Å². The van der Waals surface area contributed by atoms with Crippen LogP contribution in [0.1, 0.15) is 22.3 Å². The summed E-state index contributed by atoms with van der Waals surface area (Å²) in [5.74, 6) is 0. The molecule has 0 atom stereocenters. The second kappa shape index (κ2) is 11.6. The van der Waals surface area contributed by atoms with Gasteiger partial charge in [0.15, 0.2) is 0 Å². The van der Waals surface area contributed by atoms with Crippen molar-refractivity contribution in [3.05, 3.63) is 222 Å². The zero-order valence-electron chi connectivity index (χ0n) is 28.9. The van der Waals surface area contributed by atoms with Crippen LogP contribution in [0.5, 0.6) is 0 Å². The summed E-state index contributed by atoms with van der Waals surface area (Å²) in [5, 5.41) is 7.10. The molecule has 1 aliphatic rings. The number of hydrogen-bond donors (Lipinski definition) is 0. The molecule has 0 unspecified atom stereocenters. The molecule has 0 aliphatic heterocycles. The second-order valence-electron chi connectivity index (χ2n) is 14.0. The van der Waals surface area contributed by atoms with E-state index in [2.05, 4.69) is 199 Å². The van der Waals surface area contributed by atoms with Crippen molar-refractivity contribution < 1.29 is 4.42 Å². The summed E-state index contributed by atoms with van der Waals surface area (Å²) in [6.07, 6.45) is 0. The third-order valence-corrected chi connectivity index (χ3v) is 11.3. The number of fused-ring (bicyclic) bond motifs is 9. The summed E-state index contributed by atoms with van der Waals surface area (Å²) in [6.45, 7) is 0. The largest absolute Gasteiger partial charge is 0.456 e. The molecule has 2 nitrogen and oxygen atoms in total. The van der Waals surface area contributed by atoms with Gasteiger partial charge in [0, 0.05) is 27.5 Å². The van der Waals surface area contributed by atoms with Crippen molar-refractivity contribution in [1.82, 2.24) is 0 Å². The summed E-state index contributed by atoms with van der Waals surface area (Å²) in [4.78, 5) is 2.46. The Morgan fingerprint density at radius 1 is 0.358 bits per heavy atom. The Hall–Kier alpha value is -6.90. The third-order valence-electron chi connectivity index (χ3n) is 11.3. The first-order valence-corrected chi connectivity index (χ1v) is 18.3. The molecular weight excluding hydrogens is 643 g/mol. The van der Waals surface area contributed by atoms with Crippen molar-refractivity contribution in [1.29, 1.82) is 0 Å². The molecule has 11 rings (SSSR count). The van der Waals surface area contributed by atoms with Gasteiger partial charge in [0.1, 0.15) is 11.2 Å². The third kappa shape index (κ3) is 4.33. The molecule has 248 valence electrons. The second-order valence-corrected chi connectivity index (χ2v) is 14.0. The Kier molecular flexibility index (Phi) is 6.50. The van der Waals surface area contributed by atoms with Crippen molar-refractivity contribution in [2.45, 2.75) is 5.41 Å². The Labute approximate surface area is 307 Å². The maximum absolute atomic E-state index is 6.33. The Balaban J connectivity index is 1.25. The van der Waals surface area contributed by atoms with Gasteiger partial charge in [-0.15, -0.1) is 0 Å². The fraction of sp³-hybridized carbons (Fsp3) is 0.0196. The smallest absolute Gasteiger partial charge is 0.135 e. The topological polar surface area (TPSA) is 16.4 Å². The van der Waals surface area contributed by atoms with E-state index in [0.717, 1.165) is 39.0 Å². The molecule has 2 heteroatoms. The average Bonchev–Trinajstić information content (AvgIpc) is 3.75. The van der Waals surface area contributed by atoms with E-state index in [4.69, 9.17) is 4.42 Å².